The average Bonchev–Trinajstić information content (AvgIpc) is 2.64. The van der Waals surface area contributed by atoms with Gasteiger partial charge in [0.25, 0.3) is 5.56 Å². The third kappa shape index (κ3) is 3.30. The Bertz CT molecular complexity index is 1040. The number of aromatic nitrogens is 4. The molecule has 1 aromatic carbocycles. The van der Waals surface area contributed by atoms with E-state index >= 15 is 0 Å². The van der Waals surface area contributed by atoms with Crippen LogP contribution in [0.2, 0.25) is 0 Å². The zero-order chi connectivity index (χ0) is 18.7. The van der Waals surface area contributed by atoms with Gasteiger partial charge in [-0.1, -0.05) is 37.3 Å². The SMILES string of the molecule is CC(Cc1ncnc(N)c1C#N)c1cc(=O)n(C)nc1-c1ccccc1. The van der Waals surface area contributed by atoms with Gasteiger partial charge in [-0.2, -0.15) is 10.4 Å². The topological polar surface area (TPSA) is 110 Å². The van der Waals surface area contributed by atoms with Gasteiger partial charge in [0.2, 0.25) is 0 Å². The van der Waals surface area contributed by atoms with Crippen molar-refractivity contribution in [3.05, 3.63) is 69.9 Å². The van der Waals surface area contributed by atoms with E-state index in [9.17, 15) is 10.1 Å². The van der Waals surface area contributed by atoms with E-state index in [-0.39, 0.29) is 22.9 Å². The number of hydrogen-bond acceptors (Lipinski definition) is 6. The van der Waals surface area contributed by atoms with E-state index in [0.29, 0.717) is 12.1 Å². The van der Waals surface area contributed by atoms with Gasteiger partial charge in [0.05, 0.1) is 11.4 Å². The molecular formula is C19H18N6O. The normalized spacial score (nSPS) is 11.7. The molecule has 0 aliphatic carbocycles. The summed E-state index contributed by atoms with van der Waals surface area (Å²) < 4.78 is 1.32. The Morgan fingerprint density at radius 3 is 2.69 bits per heavy atom. The van der Waals surface area contributed by atoms with Gasteiger partial charge < -0.3 is 5.73 Å². The maximum absolute atomic E-state index is 12.2. The Kier molecular flexibility index (Phi) is 4.76. The van der Waals surface area contributed by atoms with E-state index in [4.69, 9.17) is 5.73 Å². The molecule has 2 aromatic heterocycles. The Labute approximate surface area is 150 Å². The van der Waals surface area contributed by atoms with Gasteiger partial charge >= 0.3 is 0 Å². The second-order valence-corrected chi connectivity index (χ2v) is 6.07. The molecule has 7 nitrogen and oxygen atoms in total. The van der Waals surface area contributed by atoms with Crippen LogP contribution in [0.1, 0.15) is 29.7 Å². The number of benzene rings is 1. The largest absolute Gasteiger partial charge is 0.382 e. The molecule has 0 amide bonds. The summed E-state index contributed by atoms with van der Waals surface area (Å²) in [5, 5.41) is 13.8. The van der Waals surface area contributed by atoms with Gasteiger partial charge in [-0.05, 0) is 17.9 Å². The molecule has 2 heterocycles. The molecule has 1 unspecified atom stereocenters. The molecule has 2 N–H and O–H groups in total. The van der Waals surface area contributed by atoms with E-state index < -0.39 is 0 Å². The summed E-state index contributed by atoms with van der Waals surface area (Å²) in [4.78, 5) is 20.2. The molecule has 7 heteroatoms. The van der Waals surface area contributed by atoms with Crippen LogP contribution in [-0.2, 0) is 13.5 Å². The van der Waals surface area contributed by atoms with Crippen LogP contribution < -0.4 is 11.3 Å². The highest BCUT2D eigenvalue weighted by atomic mass is 16.1. The average molecular weight is 346 g/mol. The van der Waals surface area contributed by atoms with Crippen LogP contribution in [0.4, 0.5) is 5.82 Å². The van der Waals surface area contributed by atoms with Crippen molar-refractivity contribution in [1.29, 1.82) is 5.26 Å². The lowest BCUT2D eigenvalue weighted by molar-refractivity contribution is 0.676. The van der Waals surface area contributed by atoms with Crippen LogP contribution in [-0.4, -0.2) is 19.7 Å². The summed E-state index contributed by atoms with van der Waals surface area (Å²) in [5.41, 5.74) is 8.89. The number of nitriles is 1. The number of nitrogens with zero attached hydrogens (tertiary/aromatic N) is 5. The molecule has 0 saturated heterocycles. The standard InChI is InChI=1S/C19H18N6O/c1-12(8-16-15(10-20)19(21)23-11-22-16)14-9-17(26)25(2)24-18(14)13-6-4-3-5-7-13/h3-7,9,11-12H,8H2,1-2H3,(H2,21,22,23). The lowest BCUT2D eigenvalue weighted by Crippen LogP contribution is -2.22. The summed E-state index contributed by atoms with van der Waals surface area (Å²) >= 11 is 0. The Morgan fingerprint density at radius 2 is 2.00 bits per heavy atom. The minimum atomic E-state index is -0.186. The van der Waals surface area contributed by atoms with Gasteiger partial charge in [0, 0.05) is 18.7 Å². The number of aryl methyl sites for hydroxylation is 1. The second kappa shape index (κ2) is 7.15. The summed E-state index contributed by atoms with van der Waals surface area (Å²) in [6, 6.07) is 13.3. The molecule has 3 aromatic rings. The third-order valence-corrected chi connectivity index (χ3v) is 4.27. The first-order chi connectivity index (χ1) is 12.5. The van der Waals surface area contributed by atoms with Crippen molar-refractivity contribution in [3.8, 4) is 17.3 Å². The van der Waals surface area contributed by atoms with E-state index in [2.05, 4.69) is 21.1 Å². The van der Waals surface area contributed by atoms with Gasteiger partial charge in [0.15, 0.2) is 0 Å². The first-order valence-electron chi connectivity index (χ1n) is 8.14. The molecular weight excluding hydrogens is 328 g/mol. The number of hydrogen-bond donors (Lipinski definition) is 1. The van der Waals surface area contributed by atoms with Crippen molar-refractivity contribution in [2.75, 3.05) is 5.73 Å². The monoisotopic (exact) mass is 346 g/mol. The third-order valence-electron chi connectivity index (χ3n) is 4.27. The summed E-state index contributed by atoms with van der Waals surface area (Å²) in [7, 11) is 1.63. The van der Waals surface area contributed by atoms with Crippen molar-refractivity contribution in [3.63, 3.8) is 0 Å². The van der Waals surface area contributed by atoms with Crippen molar-refractivity contribution in [2.24, 2.45) is 7.05 Å². The zero-order valence-corrected chi connectivity index (χ0v) is 14.5. The lowest BCUT2D eigenvalue weighted by atomic mass is 9.91. The van der Waals surface area contributed by atoms with E-state index in [1.807, 2.05) is 37.3 Å². The number of nitrogens with two attached hydrogens (primary N) is 1. The predicted octanol–water partition coefficient (Wildman–Crippen LogP) is 2.04. The fourth-order valence-electron chi connectivity index (χ4n) is 2.86. The molecule has 0 bridgehead atoms. The van der Waals surface area contributed by atoms with E-state index in [1.54, 1.807) is 13.1 Å². The fraction of sp³-hybridized carbons (Fsp3) is 0.211. The van der Waals surface area contributed by atoms with Crippen LogP contribution >= 0.6 is 0 Å². The molecule has 3 rings (SSSR count). The quantitative estimate of drug-likeness (QED) is 0.774. The molecule has 1 atom stereocenters. The minimum absolute atomic E-state index is 0.0898. The predicted molar refractivity (Wildman–Crippen MR) is 98.2 cm³/mol. The molecule has 0 aliphatic rings. The van der Waals surface area contributed by atoms with Gasteiger partial charge in [-0.25, -0.2) is 14.6 Å². The number of anilines is 1. The van der Waals surface area contributed by atoms with Gasteiger partial charge in [-0.3, -0.25) is 4.79 Å². The van der Waals surface area contributed by atoms with Crippen molar-refractivity contribution < 1.29 is 0 Å². The van der Waals surface area contributed by atoms with Crippen LogP contribution in [0.5, 0.6) is 0 Å². The molecule has 130 valence electrons. The van der Waals surface area contributed by atoms with Crippen LogP contribution in [0, 0.1) is 11.3 Å². The van der Waals surface area contributed by atoms with E-state index in [1.165, 1.54) is 11.0 Å². The highest BCUT2D eigenvalue weighted by Crippen LogP contribution is 2.29. The van der Waals surface area contributed by atoms with Crippen LogP contribution in [0.15, 0.2) is 47.5 Å². The molecule has 26 heavy (non-hydrogen) atoms. The fourth-order valence-corrected chi connectivity index (χ4v) is 2.86. The zero-order valence-electron chi connectivity index (χ0n) is 14.5. The van der Waals surface area contributed by atoms with Crippen molar-refractivity contribution >= 4 is 5.82 Å². The first kappa shape index (κ1) is 17.3. The van der Waals surface area contributed by atoms with Crippen LogP contribution in [0.3, 0.4) is 0 Å². The Morgan fingerprint density at radius 1 is 1.27 bits per heavy atom. The summed E-state index contributed by atoms with van der Waals surface area (Å²) in [6.45, 7) is 1.97. The van der Waals surface area contributed by atoms with Crippen molar-refractivity contribution in [2.45, 2.75) is 19.3 Å². The maximum Gasteiger partial charge on any atom is 0.266 e. The smallest absolute Gasteiger partial charge is 0.266 e. The Hall–Kier alpha value is -3.53. The summed E-state index contributed by atoms with van der Waals surface area (Å²) in [5.74, 6) is 0.0723. The minimum Gasteiger partial charge on any atom is -0.382 e. The van der Waals surface area contributed by atoms with Gasteiger partial charge in [0.1, 0.15) is 23.8 Å². The van der Waals surface area contributed by atoms with Crippen LogP contribution in [0.25, 0.3) is 11.3 Å². The molecule has 0 aliphatic heterocycles. The summed E-state index contributed by atoms with van der Waals surface area (Å²) in [6.07, 6.45) is 1.79. The highest BCUT2D eigenvalue weighted by molar-refractivity contribution is 5.63. The first-order valence-corrected chi connectivity index (χ1v) is 8.14. The molecule has 0 radical (unpaired) electrons. The number of nitrogen functional groups attached to an aromatic ring is 1. The van der Waals surface area contributed by atoms with E-state index in [0.717, 1.165) is 16.8 Å². The highest BCUT2D eigenvalue weighted by Gasteiger charge is 2.19. The Balaban J connectivity index is 2.07. The molecule has 0 saturated carbocycles. The molecule has 0 fully saturated rings. The molecule has 0 spiro atoms. The maximum atomic E-state index is 12.2. The van der Waals surface area contributed by atoms with Gasteiger partial charge in [-0.15, -0.1) is 0 Å². The van der Waals surface area contributed by atoms with Crippen molar-refractivity contribution in [1.82, 2.24) is 19.7 Å². The lowest BCUT2D eigenvalue weighted by Gasteiger charge is -2.17. The second-order valence-electron chi connectivity index (χ2n) is 6.07. The number of rotatable bonds is 4.